The Hall–Kier alpha value is -2.93. The number of aromatic nitrogens is 1. The molecule has 1 saturated heterocycles. The molecule has 0 radical (unpaired) electrons. The minimum Gasteiger partial charge on any atom is -0.488 e. The van der Waals surface area contributed by atoms with Gasteiger partial charge in [-0.3, -0.25) is 9.69 Å². The molecule has 1 aromatic heterocycles. The van der Waals surface area contributed by atoms with Gasteiger partial charge in [-0.15, -0.1) is 0 Å². The predicted octanol–water partition coefficient (Wildman–Crippen LogP) is 4.28. The van der Waals surface area contributed by atoms with Gasteiger partial charge in [-0.25, -0.2) is 4.39 Å². The number of piperidine rings is 1. The molecule has 1 aliphatic heterocycles. The number of benzene rings is 2. The van der Waals surface area contributed by atoms with Crippen molar-refractivity contribution in [1.82, 2.24) is 10.1 Å². The highest BCUT2D eigenvalue weighted by Crippen LogP contribution is 2.33. The Bertz CT molecular complexity index is 1010. The Morgan fingerprint density at radius 1 is 1.24 bits per heavy atom. The number of carbonyl (C=O) groups excluding carboxylic acids is 1. The molecule has 0 atom stereocenters. The van der Waals surface area contributed by atoms with Crippen molar-refractivity contribution in [3.63, 3.8) is 0 Å². The van der Waals surface area contributed by atoms with Crippen molar-refractivity contribution in [1.29, 1.82) is 0 Å². The number of amides is 1. The van der Waals surface area contributed by atoms with Gasteiger partial charge in [0.1, 0.15) is 23.6 Å². The SMILES string of the molecule is Cc1ccc(F)cc1COc1cccc2onc(NC(=O)CN3CCCCC3)c12. The molecule has 4 rings (SSSR count). The molecule has 152 valence electrons. The summed E-state index contributed by atoms with van der Waals surface area (Å²) in [5, 5.41) is 7.46. The molecule has 1 fully saturated rings. The number of hydrogen-bond acceptors (Lipinski definition) is 5. The van der Waals surface area contributed by atoms with Crippen LogP contribution >= 0.6 is 0 Å². The van der Waals surface area contributed by atoms with Crippen molar-refractivity contribution >= 4 is 22.7 Å². The molecule has 1 amide bonds. The molecule has 0 saturated carbocycles. The van der Waals surface area contributed by atoms with E-state index in [-0.39, 0.29) is 18.3 Å². The Morgan fingerprint density at radius 2 is 2.07 bits per heavy atom. The lowest BCUT2D eigenvalue weighted by atomic mass is 10.1. The summed E-state index contributed by atoms with van der Waals surface area (Å²) in [6, 6.07) is 9.96. The Kier molecular flexibility index (Phi) is 5.76. The summed E-state index contributed by atoms with van der Waals surface area (Å²) in [5.41, 5.74) is 2.22. The molecule has 1 aliphatic rings. The maximum atomic E-state index is 13.5. The van der Waals surface area contributed by atoms with Crippen LogP contribution in [0.15, 0.2) is 40.9 Å². The monoisotopic (exact) mass is 397 g/mol. The van der Waals surface area contributed by atoms with Crippen LogP contribution < -0.4 is 10.1 Å². The van der Waals surface area contributed by atoms with E-state index in [9.17, 15) is 9.18 Å². The largest absolute Gasteiger partial charge is 0.488 e. The molecule has 29 heavy (non-hydrogen) atoms. The number of fused-ring (bicyclic) bond motifs is 1. The molecule has 0 unspecified atom stereocenters. The third-order valence-corrected chi connectivity index (χ3v) is 5.23. The number of ether oxygens (including phenoxy) is 1. The molecule has 1 N–H and O–H groups in total. The van der Waals surface area contributed by atoms with Gasteiger partial charge in [-0.2, -0.15) is 0 Å². The van der Waals surface area contributed by atoms with Gasteiger partial charge in [-0.05, 0) is 68.2 Å². The summed E-state index contributed by atoms with van der Waals surface area (Å²) in [5.74, 6) is 0.440. The average molecular weight is 397 g/mol. The van der Waals surface area contributed by atoms with Crippen molar-refractivity contribution in [2.45, 2.75) is 32.8 Å². The number of rotatable bonds is 6. The van der Waals surface area contributed by atoms with Gasteiger partial charge in [0.15, 0.2) is 11.4 Å². The van der Waals surface area contributed by atoms with Crippen molar-refractivity contribution in [3.8, 4) is 5.75 Å². The molecule has 0 spiro atoms. The lowest BCUT2D eigenvalue weighted by molar-refractivity contribution is -0.117. The van der Waals surface area contributed by atoms with Crippen LogP contribution in [0, 0.1) is 12.7 Å². The van der Waals surface area contributed by atoms with Gasteiger partial charge in [0.05, 0.1) is 6.54 Å². The first-order chi connectivity index (χ1) is 14.1. The second kappa shape index (κ2) is 8.61. The third kappa shape index (κ3) is 4.56. The fourth-order valence-electron chi connectivity index (χ4n) is 3.61. The number of halogens is 1. The molecule has 3 aromatic rings. The van der Waals surface area contributed by atoms with Crippen molar-refractivity contribution in [3.05, 3.63) is 53.3 Å². The first-order valence-electron chi connectivity index (χ1n) is 9.88. The molecular formula is C22H24FN3O3. The van der Waals surface area contributed by atoms with Gasteiger partial charge < -0.3 is 14.6 Å². The van der Waals surface area contributed by atoms with Gasteiger partial charge in [0.2, 0.25) is 5.91 Å². The third-order valence-electron chi connectivity index (χ3n) is 5.23. The number of anilines is 1. The molecule has 7 heteroatoms. The standard InChI is InChI=1S/C22H24FN3O3/c1-15-8-9-17(23)12-16(15)14-28-18-6-5-7-19-21(18)22(25-29-19)24-20(27)13-26-10-3-2-4-11-26/h5-9,12H,2-4,10-11,13-14H2,1H3,(H,24,25,27). The predicted molar refractivity (Wildman–Crippen MR) is 108 cm³/mol. The summed E-state index contributed by atoms with van der Waals surface area (Å²) in [4.78, 5) is 14.6. The lowest BCUT2D eigenvalue weighted by Crippen LogP contribution is -2.36. The van der Waals surface area contributed by atoms with E-state index < -0.39 is 0 Å². The Morgan fingerprint density at radius 3 is 2.90 bits per heavy atom. The van der Waals surface area contributed by atoms with E-state index in [0.717, 1.165) is 37.1 Å². The Labute approximate surface area is 168 Å². The summed E-state index contributed by atoms with van der Waals surface area (Å²) in [6.07, 6.45) is 3.47. The van der Waals surface area contributed by atoms with Crippen LogP contribution in [0.3, 0.4) is 0 Å². The van der Waals surface area contributed by atoms with Crippen LogP contribution in [0.1, 0.15) is 30.4 Å². The summed E-state index contributed by atoms with van der Waals surface area (Å²) < 4.78 is 24.8. The lowest BCUT2D eigenvalue weighted by Gasteiger charge is -2.25. The van der Waals surface area contributed by atoms with Crippen LogP contribution in [-0.2, 0) is 11.4 Å². The number of likely N-dealkylation sites (tertiary alicyclic amines) is 1. The molecule has 6 nitrogen and oxygen atoms in total. The molecule has 0 bridgehead atoms. The van der Waals surface area contributed by atoms with E-state index in [1.54, 1.807) is 24.3 Å². The zero-order chi connectivity index (χ0) is 20.2. The second-order valence-corrected chi connectivity index (χ2v) is 7.40. The first-order valence-corrected chi connectivity index (χ1v) is 9.88. The maximum Gasteiger partial charge on any atom is 0.239 e. The second-order valence-electron chi connectivity index (χ2n) is 7.40. The number of hydrogen-bond donors (Lipinski definition) is 1. The van der Waals surface area contributed by atoms with Crippen molar-refractivity contribution in [2.75, 3.05) is 25.0 Å². The summed E-state index contributed by atoms with van der Waals surface area (Å²) in [7, 11) is 0. The molecular weight excluding hydrogens is 373 g/mol. The zero-order valence-corrected chi connectivity index (χ0v) is 16.4. The maximum absolute atomic E-state index is 13.5. The van der Waals surface area contributed by atoms with Crippen LogP contribution in [0.5, 0.6) is 5.75 Å². The van der Waals surface area contributed by atoms with E-state index in [1.807, 2.05) is 6.92 Å². The highest BCUT2D eigenvalue weighted by atomic mass is 19.1. The van der Waals surface area contributed by atoms with E-state index in [0.29, 0.717) is 29.1 Å². The Balaban J connectivity index is 1.50. The van der Waals surface area contributed by atoms with E-state index in [4.69, 9.17) is 9.26 Å². The van der Waals surface area contributed by atoms with Gasteiger partial charge >= 0.3 is 0 Å². The highest BCUT2D eigenvalue weighted by molar-refractivity contribution is 6.02. The van der Waals surface area contributed by atoms with E-state index in [2.05, 4.69) is 15.4 Å². The quantitative estimate of drug-likeness (QED) is 0.672. The fourth-order valence-corrected chi connectivity index (χ4v) is 3.61. The van der Waals surface area contributed by atoms with Crippen molar-refractivity contribution in [2.24, 2.45) is 0 Å². The summed E-state index contributed by atoms with van der Waals surface area (Å²) in [6.45, 7) is 4.32. The first kappa shape index (κ1) is 19.4. The number of nitrogens with zero attached hydrogens (tertiary/aromatic N) is 2. The van der Waals surface area contributed by atoms with Gasteiger partial charge in [0.25, 0.3) is 0 Å². The number of nitrogens with one attached hydrogen (secondary N) is 1. The van der Waals surface area contributed by atoms with Crippen LogP contribution in [0.2, 0.25) is 0 Å². The minimum absolute atomic E-state index is 0.127. The molecule has 0 aliphatic carbocycles. The molecule has 2 aromatic carbocycles. The van der Waals surface area contributed by atoms with Crippen molar-refractivity contribution < 1.29 is 18.4 Å². The normalized spacial score (nSPS) is 14.8. The van der Waals surface area contributed by atoms with E-state index >= 15 is 0 Å². The average Bonchev–Trinajstić information content (AvgIpc) is 3.13. The fraction of sp³-hybridized carbons (Fsp3) is 0.364. The smallest absolute Gasteiger partial charge is 0.239 e. The van der Waals surface area contributed by atoms with Crippen LogP contribution in [-0.4, -0.2) is 35.6 Å². The van der Waals surface area contributed by atoms with E-state index in [1.165, 1.54) is 18.6 Å². The van der Waals surface area contributed by atoms with Gasteiger partial charge in [-0.1, -0.05) is 23.7 Å². The number of aryl methyl sites for hydroxylation is 1. The van der Waals surface area contributed by atoms with Crippen LogP contribution in [0.25, 0.3) is 11.0 Å². The zero-order valence-electron chi connectivity index (χ0n) is 16.4. The molecule has 2 heterocycles. The number of carbonyl (C=O) groups is 1. The summed E-state index contributed by atoms with van der Waals surface area (Å²) >= 11 is 0. The van der Waals surface area contributed by atoms with Crippen LogP contribution in [0.4, 0.5) is 10.2 Å². The topological polar surface area (TPSA) is 67.6 Å². The highest BCUT2D eigenvalue weighted by Gasteiger charge is 2.19. The van der Waals surface area contributed by atoms with Gasteiger partial charge in [0, 0.05) is 0 Å². The minimum atomic E-state index is -0.303.